The highest BCUT2D eigenvalue weighted by Gasteiger charge is 2.09. The Bertz CT molecular complexity index is 382. The lowest BCUT2D eigenvalue weighted by atomic mass is 9.98. The number of rotatable bonds is 5. The standard InChI is InChI=1S/C13H17NO2/c1-4-10(2)11-5-6-12(16-8-7-14)13(9-11)15-3/h5-6,9-10H,4,8H2,1-3H3. The van der Waals surface area contributed by atoms with Gasteiger partial charge in [0, 0.05) is 0 Å². The molecule has 1 aromatic carbocycles. The van der Waals surface area contributed by atoms with E-state index in [2.05, 4.69) is 13.8 Å². The van der Waals surface area contributed by atoms with Gasteiger partial charge in [0.1, 0.15) is 6.07 Å². The van der Waals surface area contributed by atoms with E-state index in [0.717, 1.165) is 6.42 Å². The summed E-state index contributed by atoms with van der Waals surface area (Å²) in [5.74, 6) is 1.81. The van der Waals surface area contributed by atoms with E-state index in [-0.39, 0.29) is 6.61 Å². The molecule has 86 valence electrons. The molecule has 1 unspecified atom stereocenters. The Morgan fingerprint density at radius 1 is 1.38 bits per heavy atom. The molecule has 0 aromatic heterocycles. The molecule has 3 heteroatoms. The third-order valence-electron chi connectivity index (χ3n) is 2.66. The molecule has 0 aliphatic rings. The molecule has 0 fully saturated rings. The fraction of sp³-hybridized carbons (Fsp3) is 0.462. The molecule has 0 radical (unpaired) electrons. The fourth-order valence-corrected chi connectivity index (χ4v) is 1.46. The van der Waals surface area contributed by atoms with Crippen molar-refractivity contribution in [3.05, 3.63) is 23.8 Å². The van der Waals surface area contributed by atoms with Crippen molar-refractivity contribution in [1.82, 2.24) is 0 Å². The van der Waals surface area contributed by atoms with Gasteiger partial charge in [-0.1, -0.05) is 19.9 Å². The number of nitrogens with zero attached hydrogens (tertiary/aromatic N) is 1. The summed E-state index contributed by atoms with van der Waals surface area (Å²) in [7, 11) is 1.61. The summed E-state index contributed by atoms with van der Waals surface area (Å²) in [6.45, 7) is 4.36. The molecule has 0 aliphatic carbocycles. The quantitative estimate of drug-likeness (QED) is 0.764. The van der Waals surface area contributed by atoms with Crippen LogP contribution in [0.3, 0.4) is 0 Å². The summed E-state index contributed by atoms with van der Waals surface area (Å²) in [5.41, 5.74) is 1.23. The first kappa shape index (κ1) is 12.4. The molecule has 0 N–H and O–H groups in total. The number of benzene rings is 1. The van der Waals surface area contributed by atoms with E-state index in [1.165, 1.54) is 5.56 Å². The summed E-state index contributed by atoms with van der Waals surface area (Å²) in [4.78, 5) is 0. The molecule has 0 aliphatic heterocycles. The van der Waals surface area contributed by atoms with Gasteiger partial charge in [-0.3, -0.25) is 0 Å². The summed E-state index contributed by atoms with van der Waals surface area (Å²) < 4.78 is 10.5. The van der Waals surface area contributed by atoms with Gasteiger partial charge in [0.2, 0.25) is 0 Å². The Labute approximate surface area is 96.6 Å². The Morgan fingerprint density at radius 2 is 2.12 bits per heavy atom. The maximum absolute atomic E-state index is 8.46. The molecule has 1 rings (SSSR count). The number of ether oxygens (including phenoxy) is 2. The van der Waals surface area contributed by atoms with Crippen molar-refractivity contribution >= 4 is 0 Å². The van der Waals surface area contributed by atoms with Crippen molar-refractivity contribution in [2.75, 3.05) is 13.7 Å². The van der Waals surface area contributed by atoms with E-state index in [4.69, 9.17) is 14.7 Å². The average molecular weight is 219 g/mol. The van der Waals surface area contributed by atoms with E-state index >= 15 is 0 Å². The molecule has 1 aromatic rings. The van der Waals surface area contributed by atoms with Crippen LogP contribution in [0.2, 0.25) is 0 Å². The highest BCUT2D eigenvalue weighted by Crippen LogP contribution is 2.31. The fourth-order valence-electron chi connectivity index (χ4n) is 1.46. The zero-order valence-corrected chi connectivity index (χ0v) is 9.99. The van der Waals surface area contributed by atoms with Crippen molar-refractivity contribution in [3.8, 4) is 17.6 Å². The van der Waals surface area contributed by atoms with Crippen LogP contribution in [-0.4, -0.2) is 13.7 Å². The summed E-state index contributed by atoms with van der Waals surface area (Å²) in [6, 6.07) is 7.79. The third-order valence-corrected chi connectivity index (χ3v) is 2.66. The molecule has 1 atom stereocenters. The van der Waals surface area contributed by atoms with Gasteiger partial charge in [0.15, 0.2) is 18.1 Å². The van der Waals surface area contributed by atoms with Gasteiger partial charge >= 0.3 is 0 Å². The number of hydrogen-bond acceptors (Lipinski definition) is 3. The van der Waals surface area contributed by atoms with Gasteiger partial charge < -0.3 is 9.47 Å². The number of nitriles is 1. The summed E-state index contributed by atoms with van der Waals surface area (Å²) in [6.07, 6.45) is 1.08. The van der Waals surface area contributed by atoms with Crippen LogP contribution >= 0.6 is 0 Å². The van der Waals surface area contributed by atoms with Crippen molar-refractivity contribution in [3.63, 3.8) is 0 Å². The Morgan fingerprint density at radius 3 is 2.69 bits per heavy atom. The van der Waals surface area contributed by atoms with Crippen molar-refractivity contribution < 1.29 is 9.47 Å². The van der Waals surface area contributed by atoms with Crippen molar-refractivity contribution in [2.24, 2.45) is 0 Å². The minimum Gasteiger partial charge on any atom is -0.493 e. The van der Waals surface area contributed by atoms with Gasteiger partial charge in [-0.25, -0.2) is 0 Å². The zero-order valence-electron chi connectivity index (χ0n) is 9.99. The van der Waals surface area contributed by atoms with Crippen LogP contribution < -0.4 is 9.47 Å². The predicted octanol–water partition coefficient (Wildman–Crippen LogP) is 3.11. The van der Waals surface area contributed by atoms with E-state index in [1.807, 2.05) is 24.3 Å². The van der Waals surface area contributed by atoms with Gasteiger partial charge in [-0.2, -0.15) is 5.26 Å². The smallest absolute Gasteiger partial charge is 0.174 e. The second-order valence-corrected chi connectivity index (χ2v) is 3.67. The Balaban J connectivity index is 2.93. The van der Waals surface area contributed by atoms with Gasteiger partial charge in [0.05, 0.1) is 7.11 Å². The third kappa shape index (κ3) is 2.90. The lowest BCUT2D eigenvalue weighted by molar-refractivity contribution is 0.329. The van der Waals surface area contributed by atoms with E-state index in [0.29, 0.717) is 17.4 Å². The topological polar surface area (TPSA) is 42.2 Å². The van der Waals surface area contributed by atoms with Gasteiger partial charge in [-0.15, -0.1) is 0 Å². The average Bonchev–Trinajstić information content (AvgIpc) is 2.35. The van der Waals surface area contributed by atoms with Crippen LogP contribution in [0.25, 0.3) is 0 Å². The molecule has 0 spiro atoms. The molecular formula is C13H17NO2. The molecule has 0 saturated carbocycles. The second-order valence-electron chi connectivity index (χ2n) is 3.67. The van der Waals surface area contributed by atoms with Gasteiger partial charge in [0.25, 0.3) is 0 Å². The SMILES string of the molecule is CCC(C)c1ccc(OCC#N)c(OC)c1. The molecule has 0 bridgehead atoms. The second kappa shape index (κ2) is 6.02. The first-order chi connectivity index (χ1) is 7.72. The monoisotopic (exact) mass is 219 g/mol. The molecule has 0 amide bonds. The number of methoxy groups -OCH3 is 1. The zero-order chi connectivity index (χ0) is 12.0. The van der Waals surface area contributed by atoms with Crippen LogP contribution in [0.1, 0.15) is 31.7 Å². The predicted molar refractivity (Wildman–Crippen MR) is 62.8 cm³/mol. The molecule has 0 heterocycles. The highest BCUT2D eigenvalue weighted by atomic mass is 16.5. The Hall–Kier alpha value is -1.69. The summed E-state index contributed by atoms with van der Waals surface area (Å²) >= 11 is 0. The van der Waals surface area contributed by atoms with Crippen molar-refractivity contribution in [1.29, 1.82) is 5.26 Å². The first-order valence-electron chi connectivity index (χ1n) is 5.40. The minimum atomic E-state index is 0.0407. The van der Waals surface area contributed by atoms with Crippen LogP contribution in [0.15, 0.2) is 18.2 Å². The molecule has 0 saturated heterocycles. The first-order valence-corrected chi connectivity index (χ1v) is 5.40. The minimum absolute atomic E-state index is 0.0407. The lowest BCUT2D eigenvalue weighted by Gasteiger charge is -2.13. The largest absolute Gasteiger partial charge is 0.493 e. The normalized spacial score (nSPS) is 11.6. The maximum atomic E-state index is 8.46. The Kier molecular flexibility index (Phi) is 4.65. The number of hydrogen-bond donors (Lipinski definition) is 0. The maximum Gasteiger partial charge on any atom is 0.174 e. The van der Waals surface area contributed by atoms with E-state index in [1.54, 1.807) is 7.11 Å². The van der Waals surface area contributed by atoms with Crippen LogP contribution in [0.4, 0.5) is 0 Å². The van der Waals surface area contributed by atoms with Crippen LogP contribution in [0.5, 0.6) is 11.5 Å². The highest BCUT2D eigenvalue weighted by molar-refractivity contribution is 5.44. The molecule has 3 nitrogen and oxygen atoms in total. The van der Waals surface area contributed by atoms with E-state index < -0.39 is 0 Å². The van der Waals surface area contributed by atoms with Gasteiger partial charge in [-0.05, 0) is 30.0 Å². The lowest BCUT2D eigenvalue weighted by Crippen LogP contribution is -1.98. The van der Waals surface area contributed by atoms with Crippen molar-refractivity contribution in [2.45, 2.75) is 26.2 Å². The molecular weight excluding hydrogens is 202 g/mol. The van der Waals surface area contributed by atoms with Crippen LogP contribution in [0, 0.1) is 11.3 Å². The molecule has 16 heavy (non-hydrogen) atoms. The van der Waals surface area contributed by atoms with E-state index in [9.17, 15) is 0 Å². The summed E-state index contributed by atoms with van der Waals surface area (Å²) in [5, 5.41) is 8.46. The van der Waals surface area contributed by atoms with Crippen LogP contribution in [-0.2, 0) is 0 Å².